The number of ketones is 1. The van der Waals surface area contributed by atoms with E-state index < -0.39 is 20.9 Å². The van der Waals surface area contributed by atoms with Crippen LogP contribution in [0.4, 0.5) is 4.39 Å². The Labute approximate surface area is 120 Å². The van der Waals surface area contributed by atoms with Crippen LogP contribution in [0.1, 0.15) is 12.8 Å². The first-order chi connectivity index (χ1) is 8.84. The molecular formula is C11H10Cl2FNO3S. The molecule has 0 saturated carbocycles. The van der Waals surface area contributed by atoms with Crippen LogP contribution in [0.2, 0.25) is 10.0 Å². The van der Waals surface area contributed by atoms with Gasteiger partial charge in [0.2, 0.25) is 10.0 Å². The number of benzene rings is 1. The van der Waals surface area contributed by atoms with Crippen molar-refractivity contribution in [2.75, 3.05) is 13.1 Å². The van der Waals surface area contributed by atoms with E-state index in [0.717, 1.165) is 10.4 Å². The molecule has 0 unspecified atom stereocenters. The second-order valence-electron chi connectivity index (χ2n) is 4.12. The van der Waals surface area contributed by atoms with Crippen molar-refractivity contribution in [1.29, 1.82) is 0 Å². The highest BCUT2D eigenvalue weighted by atomic mass is 35.5. The predicted molar refractivity (Wildman–Crippen MR) is 69.4 cm³/mol. The Morgan fingerprint density at radius 2 is 1.74 bits per heavy atom. The number of rotatable bonds is 2. The van der Waals surface area contributed by atoms with Gasteiger partial charge in [0, 0.05) is 25.9 Å². The standard InChI is InChI=1S/C11H10Cl2FNO3S/c12-8-1-2-9(10(13)11(8)14)19(17,18)15-5-3-7(16)4-6-15/h1-2H,3-6H2. The molecule has 1 heterocycles. The largest absolute Gasteiger partial charge is 0.300 e. The number of halogens is 3. The highest BCUT2D eigenvalue weighted by molar-refractivity contribution is 7.89. The molecule has 1 fully saturated rings. The molecule has 2 rings (SSSR count). The molecule has 0 atom stereocenters. The van der Waals surface area contributed by atoms with Crippen LogP contribution in [0.5, 0.6) is 0 Å². The Balaban J connectivity index is 2.40. The van der Waals surface area contributed by atoms with Gasteiger partial charge in [0.1, 0.15) is 10.7 Å². The number of hydrogen-bond acceptors (Lipinski definition) is 3. The van der Waals surface area contributed by atoms with Crippen LogP contribution in [0.15, 0.2) is 17.0 Å². The second kappa shape index (κ2) is 5.36. The summed E-state index contributed by atoms with van der Waals surface area (Å²) in [6.07, 6.45) is 0.319. The maximum atomic E-state index is 13.5. The zero-order chi connectivity index (χ0) is 14.2. The lowest BCUT2D eigenvalue weighted by molar-refractivity contribution is -0.120. The van der Waals surface area contributed by atoms with E-state index in [1.54, 1.807) is 0 Å². The molecular weight excluding hydrogens is 316 g/mol. The van der Waals surface area contributed by atoms with E-state index in [1.807, 2.05) is 0 Å². The summed E-state index contributed by atoms with van der Waals surface area (Å²) in [6.45, 7) is 0.170. The lowest BCUT2D eigenvalue weighted by Crippen LogP contribution is -2.38. The van der Waals surface area contributed by atoms with Crippen LogP contribution < -0.4 is 0 Å². The summed E-state index contributed by atoms with van der Waals surface area (Å²) in [5.74, 6) is -0.947. The summed E-state index contributed by atoms with van der Waals surface area (Å²) in [5, 5.41) is -0.762. The normalized spacial score (nSPS) is 17.7. The number of piperidine rings is 1. The molecule has 8 heteroatoms. The van der Waals surface area contributed by atoms with Crippen molar-refractivity contribution in [3.63, 3.8) is 0 Å². The molecule has 0 aliphatic carbocycles. The average molecular weight is 326 g/mol. The molecule has 0 spiro atoms. The molecule has 0 bridgehead atoms. The molecule has 1 saturated heterocycles. The van der Waals surface area contributed by atoms with E-state index in [9.17, 15) is 17.6 Å². The average Bonchev–Trinajstić information content (AvgIpc) is 2.36. The van der Waals surface area contributed by atoms with Gasteiger partial charge in [-0.25, -0.2) is 12.8 Å². The maximum absolute atomic E-state index is 13.5. The molecule has 4 nitrogen and oxygen atoms in total. The van der Waals surface area contributed by atoms with Gasteiger partial charge in [0.25, 0.3) is 0 Å². The Morgan fingerprint density at radius 3 is 2.32 bits per heavy atom. The van der Waals surface area contributed by atoms with Crippen LogP contribution in [0.25, 0.3) is 0 Å². The zero-order valence-electron chi connectivity index (χ0n) is 9.70. The second-order valence-corrected chi connectivity index (χ2v) is 6.81. The maximum Gasteiger partial charge on any atom is 0.244 e. The van der Waals surface area contributed by atoms with Crippen molar-refractivity contribution in [1.82, 2.24) is 4.31 Å². The minimum atomic E-state index is -3.90. The summed E-state index contributed by atoms with van der Waals surface area (Å²) in [6, 6.07) is 2.31. The van der Waals surface area contributed by atoms with Crippen LogP contribution in [-0.2, 0) is 14.8 Å². The Morgan fingerprint density at radius 1 is 1.16 bits per heavy atom. The minimum absolute atomic E-state index is 0.0137. The molecule has 1 aromatic carbocycles. The van der Waals surface area contributed by atoms with Gasteiger partial charge in [-0.3, -0.25) is 4.79 Å². The fourth-order valence-corrected chi connectivity index (χ4v) is 3.98. The van der Waals surface area contributed by atoms with Gasteiger partial charge in [0.15, 0.2) is 5.82 Å². The van der Waals surface area contributed by atoms with Gasteiger partial charge in [-0.05, 0) is 12.1 Å². The van der Waals surface area contributed by atoms with Crippen molar-refractivity contribution in [2.45, 2.75) is 17.7 Å². The number of carbonyl (C=O) groups is 1. The first kappa shape index (κ1) is 14.7. The summed E-state index contributed by atoms with van der Waals surface area (Å²) < 4.78 is 39.3. The third-order valence-electron chi connectivity index (χ3n) is 2.90. The van der Waals surface area contributed by atoms with Crippen molar-refractivity contribution >= 4 is 39.0 Å². The summed E-state index contributed by atoms with van der Waals surface area (Å²) in [7, 11) is -3.90. The molecule has 1 aliphatic heterocycles. The molecule has 1 aromatic rings. The number of nitrogens with zero attached hydrogens (tertiary/aromatic N) is 1. The topological polar surface area (TPSA) is 54.5 Å². The molecule has 1 aliphatic rings. The molecule has 104 valence electrons. The molecule has 0 N–H and O–H groups in total. The van der Waals surface area contributed by atoms with Gasteiger partial charge in [-0.1, -0.05) is 23.2 Å². The monoisotopic (exact) mass is 325 g/mol. The van der Waals surface area contributed by atoms with Crippen LogP contribution in [-0.4, -0.2) is 31.6 Å². The van der Waals surface area contributed by atoms with E-state index >= 15 is 0 Å². The first-order valence-corrected chi connectivity index (χ1v) is 7.69. The smallest absolute Gasteiger partial charge is 0.244 e. The lowest BCUT2D eigenvalue weighted by Gasteiger charge is -2.25. The van der Waals surface area contributed by atoms with E-state index in [-0.39, 0.29) is 41.6 Å². The van der Waals surface area contributed by atoms with E-state index in [4.69, 9.17) is 23.2 Å². The quantitative estimate of drug-likeness (QED) is 0.785. The van der Waals surface area contributed by atoms with Gasteiger partial charge < -0.3 is 0 Å². The van der Waals surface area contributed by atoms with Crippen molar-refractivity contribution in [3.8, 4) is 0 Å². The van der Waals surface area contributed by atoms with Gasteiger partial charge in [0.05, 0.1) is 10.0 Å². The number of hydrogen-bond donors (Lipinski definition) is 0. The lowest BCUT2D eigenvalue weighted by atomic mass is 10.1. The Bertz CT molecular complexity index is 623. The van der Waals surface area contributed by atoms with Gasteiger partial charge in [-0.2, -0.15) is 4.31 Å². The molecule has 0 aromatic heterocycles. The number of carbonyl (C=O) groups excluding carboxylic acids is 1. The third kappa shape index (κ3) is 2.76. The molecule has 0 amide bonds. The fourth-order valence-electron chi connectivity index (χ4n) is 1.82. The Hall–Kier alpha value is -0.690. The van der Waals surface area contributed by atoms with Crippen molar-refractivity contribution in [2.24, 2.45) is 0 Å². The Kier molecular flexibility index (Phi) is 4.15. The van der Waals surface area contributed by atoms with Crippen molar-refractivity contribution in [3.05, 3.63) is 28.0 Å². The van der Waals surface area contributed by atoms with Crippen LogP contribution >= 0.6 is 23.2 Å². The molecule has 0 radical (unpaired) electrons. The number of sulfonamides is 1. The zero-order valence-corrected chi connectivity index (χ0v) is 12.0. The highest BCUT2D eigenvalue weighted by Crippen LogP contribution is 2.31. The SMILES string of the molecule is O=C1CCN(S(=O)(=O)c2ccc(Cl)c(F)c2Cl)CC1. The van der Waals surface area contributed by atoms with E-state index in [0.29, 0.717) is 0 Å². The van der Waals surface area contributed by atoms with E-state index in [2.05, 4.69) is 0 Å². The summed E-state index contributed by atoms with van der Waals surface area (Å²) >= 11 is 11.2. The van der Waals surface area contributed by atoms with Crippen LogP contribution in [0, 0.1) is 5.82 Å². The summed E-state index contributed by atoms with van der Waals surface area (Å²) in [5.41, 5.74) is 0. The van der Waals surface area contributed by atoms with Crippen LogP contribution in [0.3, 0.4) is 0 Å². The highest BCUT2D eigenvalue weighted by Gasteiger charge is 2.31. The van der Waals surface area contributed by atoms with E-state index in [1.165, 1.54) is 6.07 Å². The predicted octanol–water partition coefficient (Wildman–Crippen LogP) is 2.49. The van der Waals surface area contributed by atoms with Gasteiger partial charge >= 0.3 is 0 Å². The third-order valence-corrected chi connectivity index (χ3v) is 5.61. The first-order valence-electron chi connectivity index (χ1n) is 5.49. The summed E-state index contributed by atoms with van der Waals surface area (Å²) in [4.78, 5) is 10.8. The van der Waals surface area contributed by atoms with Gasteiger partial charge in [-0.15, -0.1) is 0 Å². The number of Topliss-reactive ketones (excluding diaryl/α,β-unsaturated/α-hetero) is 1. The molecule has 19 heavy (non-hydrogen) atoms. The fraction of sp³-hybridized carbons (Fsp3) is 0.364. The minimum Gasteiger partial charge on any atom is -0.300 e. The van der Waals surface area contributed by atoms with Crippen molar-refractivity contribution < 1.29 is 17.6 Å².